The first-order chi connectivity index (χ1) is 4.33. The molecule has 1 nitrogen and oxygen atoms in total. The van der Waals surface area contributed by atoms with Crippen LogP contribution in [0, 0.1) is 5.92 Å². The molecule has 2 heteroatoms. The van der Waals surface area contributed by atoms with E-state index in [0.717, 1.165) is 5.92 Å². The summed E-state index contributed by atoms with van der Waals surface area (Å²) < 4.78 is 0. The van der Waals surface area contributed by atoms with Crippen LogP contribution in [-0.2, 0) is 0 Å². The monoisotopic (exact) mass is 147 g/mol. The summed E-state index contributed by atoms with van der Waals surface area (Å²) in [6.45, 7) is 1.20. The second-order valence-electron chi connectivity index (χ2n) is 2.96. The van der Waals surface area contributed by atoms with Crippen molar-refractivity contribution in [3.8, 4) is 0 Å². The molecule has 1 aliphatic rings. The van der Waals surface area contributed by atoms with E-state index in [9.17, 15) is 0 Å². The Morgan fingerprint density at radius 2 is 2.22 bits per heavy atom. The molecule has 1 saturated carbocycles. The molecule has 0 aliphatic heterocycles. The minimum Gasteiger partial charge on any atom is -0.293 e. The van der Waals surface area contributed by atoms with E-state index in [1.807, 2.05) is 0 Å². The van der Waals surface area contributed by atoms with Gasteiger partial charge < -0.3 is 0 Å². The van der Waals surface area contributed by atoms with E-state index >= 15 is 0 Å². The summed E-state index contributed by atoms with van der Waals surface area (Å²) in [6, 6.07) is 0.677. The zero-order valence-corrected chi connectivity index (χ0v) is 6.69. The first-order valence-electron chi connectivity index (χ1n) is 3.57. The van der Waals surface area contributed by atoms with E-state index in [4.69, 9.17) is 11.6 Å². The number of hydrogen-bond acceptors (Lipinski definition) is 1. The van der Waals surface area contributed by atoms with Crippen molar-refractivity contribution in [3.63, 3.8) is 0 Å². The van der Waals surface area contributed by atoms with Crippen LogP contribution < -0.4 is 0 Å². The fourth-order valence-corrected chi connectivity index (χ4v) is 1.26. The normalized spacial score (nSPS) is 20.3. The largest absolute Gasteiger partial charge is 0.293 e. The third kappa shape index (κ3) is 2.15. The van der Waals surface area contributed by atoms with Gasteiger partial charge in [0.15, 0.2) is 0 Å². The number of halogens is 1. The number of nitrogens with zero attached hydrogens (tertiary/aromatic N) is 1. The highest BCUT2D eigenvalue weighted by Gasteiger charge is 2.18. The summed E-state index contributed by atoms with van der Waals surface area (Å²) in [5.41, 5.74) is 0. The summed E-state index contributed by atoms with van der Waals surface area (Å²) in [6.07, 6.45) is 4.27. The Morgan fingerprint density at radius 1 is 1.56 bits per heavy atom. The molecule has 0 aromatic heterocycles. The molecule has 0 unspecified atom stereocenters. The zero-order valence-electron chi connectivity index (χ0n) is 5.94. The van der Waals surface area contributed by atoms with Crippen molar-refractivity contribution in [2.75, 3.05) is 19.6 Å². The van der Waals surface area contributed by atoms with Gasteiger partial charge in [0.25, 0.3) is 0 Å². The highest BCUT2D eigenvalue weighted by molar-refractivity contribution is 6.17. The van der Waals surface area contributed by atoms with E-state index < -0.39 is 0 Å². The highest BCUT2D eigenvalue weighted by atomic mass is 35.5. The van der Waals surface area contributed by atoms with E-state index in [1.165, 1.54) is 25.8 Å². The fraction of sp³-hybridized carbons (Fsp3) is 1.00. The van der Waals surface area contributed by atoms with Crippen molar-refractivity contribution in [3.05, 3.63) is 0 Å². The molecule has 0 bridgehead atoms. The molecule has 0 aromatic carbocycles. The van der Waals surface area contributed by atoms with E-state index in [0.29, 0.717) is 6.00 Å². The lowest BCUT2D eigenvalue weighted by atomic mass is 9.85. The van der Waals surface area contributed by atoms with Crippen molar-refractivity contribution < 1.29 is 0 Å². The third-order valence-electron chi connectivity index (χ3n) is 2.00. The van der Waals surface area contributed by atoms with E-state index in [1.54, 1.807) is 0 Å². The first kappa shape index (κ1) is 7.36. The van der Waals surface area contributed by atoms with Gasteiger partial charge in [0.1, 0.15) is 0 Å². The summed E-state index contributed by atoms with van der Waals surface area (Å²) in [4.78, 5) is 2.17. The highest BCUT2D eigenvalue weighted by Crippen LogP contribution is 2.26. The SMILES string of the molecule is CN(CCl)CC1CCC1. The van der Waals surface area contributed by atoms with E-state index in [2.05, 4.69) is 11.9 Å². The zero-order chi connectivity index (χ0) is 6.69. The van der Waals surface area contributed by atoms with Crippen molar-refractivity contribution in [2.45, 2.75) is 19.3 Å². The topological polar surface area (TPSA) is 3.24 Å². The van der Waals surface area contributed by atoms with Crippen molar-refractivity contribution >= 4 is 11.6 Å². The molecule has 54 valence electrons. The molecule has 1 rings (SSSR count). The minimum atomic E-state index is 0.677. The standard InChI is InChI=1S/C7H14ClN/c1-9(6-8)5-7-3-2-4-7/h7H,2-6H2,1H3. The molecule has 0 atom stereocenters. The molecule has 0 N–H and O–H groups in total. The fourth-order valence-electron chi connectivity index (χ4n) is 1.16. The molecule has 9 heavy (non-hydrogen) atoms. The molecule has 1 fully saturated rings. The van der Waals surface area contributed by atoms with Crippen LogP contribution >= 0.6 is 11.6 Å². The Hall–Kier alpha value is 0.250. The van der Waals surface area contributed by atoms with Gasteiger partial charge in [-0.2, -0.15) is 0 Å². The van der Waals surface area contributed by atoms with Crippen LogP contribution in [-0.4, -0.2) is 24.5 Å². The summed E-state index contributed by atoms with van der Waals surface area (Å²) in [7, 11) is 2.07. The molecule has 0 heterocycles. The molecular weight excluding hydrogens is 134 g/mol. The van der Waals surface area contributed by atoms with Crippen LogP contribution in [0.4, 0.5) is 0 Å². The molecule has 0 amide bonds. The Bertz CT molecular complexity index is 78.2. The predicted octanol–water partition coefficient (Wildman–Crippen LogP) is 1.91. The summed E-state index contributed by atoms with van der Waals surface area (Å²) >= 11 is 5.60. The molecular formula is C7H14ClN. The maximum atomic E-state index is 5.60. The molecule has 0 spiro atoms. The van der Waals surface area contributed by atoms with Gasteiger partial charge in [-0.1, -0.05) is 6.42 Å². The van der Waals surface area contributed by atoms with E-state index in [-0.39, 0.29) is 0 Å². The van der Waals surface area contributed by atoms with Gasteiger partial charge in [0.05, 0.1) is 6.00 Å². The minimum absolute atomic E-state index is 0.677. The van der Waals surface area contributed by atoms with Gasteiger partial charge in [-0.3, -0.25) is 4.90 Å². The molecule has 0 aromatic rings. The molecule has 0 saturated heterocycles. The average Bonchev–Trinajstić information content (AvgIpc) is 1.78. The first-order valence-corrected chi connectivity index (χ1v) is 4.11. The summed E-state index contributed by atoms with van der Waals surface area (Å²) in [5.74, 6) is 0.953. The van der Waals surface area contributed by atoms with Crippen LogP contribution in [0.3, 0.4) is 0 Å². The average molecular weight is 148 g/mol. The lowest BCUT2D eigenvalue weighted by molar-refractivity contribution is 0.224. The Kier molecular flexibility index (Phi) is 2.80. The number of rotatable bonds is 3. The van der Waals surface area contributed by atoms with Crippen molar-refractivity contribution in [1.82, 2.24) is 4.90 Å². The number of alkyl halides is 1. The molecule has 0 radical (unpaired) electrons. The number of hydrogen-bond donors (Lipinski definition) is 0. The lowest BCUT2D eigenvalue weighted by Gasteiger charge is -2.28. The van der Waals surface area contributed by atoms with Crippen molar-refractivity contribution in [1.29, 1.82) is 0 Å². The Balaban J connectivity index is 2.01. The predicted molar refractivity (Wildman–Crippen MR) is 40.7 cm³/mol. The van der Waals surface area contributed by atoms with Crippen LogP contribution in [0.25, 0.3) is 0 Å². The van der Waals surface area contributed by atoms with Crippen LogP contribution in [0.1, 0.15) is 19.3 Å². The lowest BCUT2D eigenvalue weighted by Crippen LogP contribution is -2.28. The maximum Gasteiger partial charge on any atom is 0.0736 e. The summed E-state index contributed by atoms with van der Waals surface area (Å²) in [5, 5.41) is 0. The Labute approximate surface area is 62.0 Å². The molecule has 1 aliphatic carbocycles. The van der Waals surface area contributed by atoms with Gasteiger partial charge in [-0.15, -0.1) is 11.6 Å². The van der Waals surface area contributed by atoms with Gasteiger partial charge >= 0.3 is 0 Å². The van der Waals surface area contributed by atoms with Gasteiger partial charge in [-0.25, -0.2) is 0 Å². The smallest absolute Gasteiger partial charge is 0.0736 e. The maximum absolute atomic E-state index is 5.60. The van der Waals surface area contributed by atoms with Crippen molar-refractivity contribution in [2.24, 2.45) is 5.92 Å². The third-order valence-corrected chi connectivity index (χ3v) is 2.41. The van der Waals surface area contributed by atoms with Gasteiger partial charge in [0, 0.05) is 6.54 Å². The van der Waals surface area contributed by atoms with Gasteiger partial charge in [-0.05, 0) is 25.8 Å². The quantitative estimate of drug-likeness (QED) is 0.436. The van der Waals surface area contributed by atoms with Gasteiger partial charge in [0.2, 0.25) is 0 Å². The van der Waals surface area contributed by atoms with Crippen LogP contribution in [0.15, 0.2) is 0 Å². The second-order valence-corrected chi connectivity index (χ2v) is 3.19. The Morgan fingerprint density at radius 3 is 2.56 bits per heavy atom. The van der Waals surface area contributed by atoms with Crippen LogP contribution in [0.5, 0.6) is 0 Å². The van der Waals surface area contributed by atoms with Crippen LogP contribution in [0.2, 0.25) is 0 Å². The second kappa shape index (κ2) is 3.43.